The van der Waals surface area contributed by atoms with Gasteiger partial charge < -0.3 is 14.9 Å². The van der Waals surface area contributed by atoms with Crippen molar-refractivity contribution in [2.24, 2.45) is 11.8 Å². The van der Waals surface area contributed by atoms with Crippen LogP contribution in [0.2, 0.25) is 0 Å². The molecule has 0 radical (unpaired) electrons. The molecule has 0 saturated carbocycles. The summed E-state index contributed by atoms with van der Waals surface area (Å²) in [4.78, 5) is 27.3. The van der Waals surface area contributed by atoms with Gasteiger partial charge in [-0.1, -0.05) is 19.1 Å². The van der Waals surface area contributed by atoms with Crippen LogP contribution < -0.4 is 4.90 Å². The Morgan fingerprint density at radius 3 is 2.52 bits per heavy atom. The summed E-state index contributed by atoms with van der Waals surface area (Å²) < 4.78 is 0. The first-order valence-electron chi connectivity index (χ1n) is 8.92. The molecular formula is C18H25N3O4. The van der Waals surface area contributed by atoms with Gasteiger partial charge in [-0.05, 0) is 31.2 Å². The van der Waals surface area contributed by atoms with E-state index < -0.39 is 6.10 Å². The Labute approximate surface area is 147 Å². The highest BCUT2D eigenvalue weighted by Crippen LogP contribution is 2.32. The average Bonchev–Trinajstić information content (AvgIpc) is 2.63. The van der Waals surface area contributed by atoms with E-state index in [0.29, 0.717) is 44.7 Å². The van der Waals surface area contributed by atoms with Gasteiger partial charge in [0.2, 0.25) is 5.91 Å². The monoisotopic (exact) mass is 347 g/mol. The molecule has 2 aliphatic rings. The van der Waals surface area contributed by atoms with E-state index in [1.165, 1.54) is 6.07 Å². The Morgan fingerprint density at radius 2 is 1.88 bits per heavy atom. The molecule has 25 heavy (non-hydrogen) atoms. The highest BCUT2D eigenvalue weighted by molar-refractivity contribution is 5.79. The molecule has 1 amide bonds. The number of para-hydroxylation sites is 2. The van der Waals surface area contributed by atoms with Gasteiger partial charge in [-0.15, -0.1) is 0 Å². The maximum Gasteiger partial charge on any atom is 0.292 e. The lowest BCUT2D eigenvalue weighted by Crippen LogP contribution is -2.49. The van der Waals surface area contributed by atoms with Gasteiger partial charge in [0, 0.05) is 38.2 Å². The molecule has 2 aliphatic heterocycles. The fraction of sp³-hybridized carbons (Fsp3) is 0.611. The van der Waals surface area contributed by atoms with Crippen molar-refractivity contribution in [3.63, 3.8) is 0 Å². The van der Waals surface area contributed by atoms with Crippen molar-refractivity contribution < 1.29 is 14.8 Å². The van der Waals surface area contributed by atoms with Gasteiger partial charge in [0.15, 0.2) is 0 Å². The lowest BCUT2D eigenvalue weighted by molar-refractivity contribution is -0.384. The van der Waals surface area contributed by atoms with Gasteiger partial charge in [-0.3, -0.25) is 14.9 Å². The zero-order chi connectivity index (χ0) is 18.0. The Hall–Kier alpha value is -2.15. The van der Waals surface area contributed by atoms with Crippen molar-refractivity contribution in [1.82, 2.24) is 4.90 Å². The van der Waals surface area contributed by atoms with Crippen molar-refractivity contribution in [2.45, 2.75) is 32.3 Å². The number of nitro benzene ring substituents is 1. The molecule has 2 saturated heterocycles. The maximum atomic E-state index is 12.7. The molecule has 2 heterocycles. The average molecular weight is 347 g/mol. The minimum absolute atomic E-state index is 0.0559. The predicted molar refractivity (Wildman–Crippen MR) is 94.4 cm³/mol. The number of nitro groups is 1. The lowest BCUT2D eigenvalue weighted by Gasteiger charge is -2.39. The van der Waals surface area contributed by atoms with E-state index in [-0.39, 0.29) is 28.4 Å². The second-order valence-electron chi connectivity index (χ2n) is 7.12. The summed E-state index contributed by atoms with van der Waals surface area (Å²) in [6.07, 6.45) is 1.77. The first-order valence-corrected chi connectivity index (χ1v) is 8.92. The number of aliphatic hydroxyl groups excluding tert-OH is 1. The number of piperidine rings is 2. The summed E-state index contributed by atoms with van der Waals surface area (Å²) in [7, 11) is 0. The summed E-state index contributed by atoms with van der Waals surface area (Å²) in [5, 5.41) is 21.2. The molecule has 0 aromatic heterocycles. The zero-order valence-electron chi connectivity index (χ0n) is 14.5. The van der Waals surface area contributed by atoms with Crippen LogP contribution in [-0.2, 0) is 4.79 Å². The molecule has 7 heteroatoms. The van der Waals surface area contributed by atoms with Crippen LogP contribution in [0.25, 0.3) is 0 Å². The molecular weight excluding hydrogens is 322 g/mol. The van der Waals surface area contributed by atoms with E-state index >= 15 is 0 Å². The van der Waals surface area contributed by atoms with Crippen LogP contribution in [0.15, 0.2) is 24.3 Å². The summed E-state index contributed by atoms with van der Waals surface area (Å²) in [6.45, 7) is 4.41. The topological polar surface area (TPSA) is 86.9 Å². The maximum absolute atomic E-state index is 12.7. The molecule has 2 atom stereocenters. The molecule has 2 unspecified atom stereocenters. The van der Waals surface area contributed by atoms with E-state index in [9.17, 15) is 20.0 Å². The number of amides is 1. The number of hydrogen-bond donors (Lipinski definition) is 1. The number of carbonyl (C=O) groups is 1. The molecule has 0 aliphatic carbocycles. The van der Waals surface area contributed by atoms with Gasteiger partial charge in [-0.2, -0.15) is 0 Å². The summed E-state index contributed by atoms with van der Waals surface area (Å²) in [6, 6.07) is 6.75. The minimum atomic E-state index is -0.440. The molecule has 7 nitrogen and oxygen atoms in total. The molecule has 2 fully saturated rings. The third-order valence-electron chi connectivity index (χ3n) is 5.49. The first-order chi connectivity index (χ1) is 12.0. The Morgan fingerprint density at radius 1 is 1.20 bits per heavy atom. The van der Waals surface area contributed by atoms with Crippen molar-refractivity contribution in [2.75, 3.05) is 31.1 Å². The highest BCUT2D eigenvalue weighted by atomic mass is 16.6. The number of rotatable bonds is 3. The number of aliphatic hydroxyl groups is 1. The van der Waals surface area contributed by atoms with E-state index in [2.05, 4.69) is 0 Å². The summed E-state index contributed by atoms with van der Waals surface area (Å²) >= 11 is 0. The van der Waals surface area contributed by atoms with Crippen molar-refractivity contribution in [3.8, 4) is 0 Å². The molecule has 0 bridgehead atoms. The van der Waals surface area contributed by atoms with Crippen LogP contribution in [0.1, 0.15) is 26.2 Å². The summed E-state index contributed by atoms with van der Waals surface area (Å²) in [5.74, 6) is 0.303. The van der Waals surface area contributed by atoms with Crippen LogP contribution in [-0.4, -0.2) is 53.1 Å². The molecule has 1 N–H and O–H groups in total. The predicted octanol–water partition coefficient (Wildman–Crippen LogP) is 2.04. The zero-order valence-corrected chi connectivity index (χ0v) is 14.5. The fourth-order valence-electron chi connectivity index (χ4n) is 3.76. The third-order valence-corrected chi connectivity index (χ3v) is 5.49. The van der Waals surface area contributed by atoms with Crippen LogP contribution >= 0.6 is 0 Å². The van der Waals surface area contributed by atoms with Gasteiger partial charge in [0.1, 0.15) is 5.69 Å². The lowest BCUT2D eigenvalue weighted by atomic mass is 9.91. The fourth-order valence-corrected chi connectivity index (χ4v) is 3.76. The number of hydrogen-bond acceptors (Lipinski definition) is 5. The third kappa shape index (κ3) is 3.76. The number of nitrogens with zero attached hydrogens (tertiary/aromatic N) is 3. The van der Waals surface area contributed by atoms with Gasteiger partial charge in [-0.25, -0.2) is 0 Å². The van der Waals surface area contributed by atoms with E-state index in [0.717, 1.165) is 6.42 Å². The van der Waals surface area contributed by atoms with E-state index in [1.54, 1.807) is 23.1 Å². The first kappa shape index (κ1) is 17.7. The molecule has 1 aromatic carbocycles. The second kappa shape index (κ2) is 7.39. The van der Waals surface area contributed by atoms with Gasteiger partial charge >= 0.3 is 0 Å². The second-order valence-corrected chi connectivity index (χ2v) is 7.12. The summed E-state index contributed by atoms with van der Waals surface area (Å²) in [5.41, 5.74) is 0.737. The molecule has 136 valence electrons. The van der Waals surface area contributed by atoms with Crippen LogP contribution in [0.3, 0.4) is 0 Å². The van der Waals surface area contributed by atoms with Crippen LogP contribution in [0.4, 0.5) is 11.4 Å². The normalized spacial score (nSPS) is 25.0. The number of benzene rings is 1. The van der Waals surface area contributed by atoms with Gasteiger partial charge in [0.05, 0.1) is 11.0 Å². The van der Waals surface area contributed by atoms with Crippen molar-refractivity contribution in [1.29, 1.82) is 0 Å². The Balaban J connectivity index is 1.61. The Kier molecular flexibility index (Phi) is 5.22. The van der Waals surface area contributed by atoms with Crippen molar-refractivity contribution in [3.05, 3.63) is 34.4 Å². The van der Waals surface area contributed by atoms with Crippen LogP contribution in [0, 0.1) is 22.0 Å². The number of carbonyl (C=O) groups excluding carboxylic acids is 1. The molecule has 0 spiro atoms. The number of β-amino-alcohol motifs (C(OH)–C–C–N with tert-alkyl or cyclic N) is 1. The standard InChI is InChI=1S/C18H25N3O4/c1-13-6-9-20(12-17(13)22)18(23)14-7-10-19(11-8-14)15-4-2-3-5-16(15)21(24)25/h2-5,13-14,17,22H,6-12H2,1H3. The highest BCUT2D eigenvalue weighted by Gasteiger charge is 2.33. The molecule has 1 aromatic rings. The smallest absolute Gasteiger partial charge is 0.292 e. The quantitative estimate of drug-likeness (QED) is 0.668. The van der Waals surface area contributed by atoms with Crippen molar-refractivity contribution >= 4 is 17.3 Å². The Bertz CT molecular complexity index is 643. The van der Waals surface area contributed by atoms with E-state index in [1.807, 2.05) is 11.8 Å². The molecule has 3 rings (SSSR count). The van der Waals surface area contributed by atoms with Crippen LogP contribution in [0.5, 0.6) is 0 Å². The number of likely N-dealkylation sites (tertiary alicyclic amines) is 1. The SMILES string of the molecule is CC1CCN(C(=O)C2CCN(c3ccccc3[N+](=O)[O-])CC2)CC1O. The largest absolute Gasteiger partial charge is 0.391 e. The van der Waals surface area contributed by atoms with Gasteiger partial charge in [0.25, 0.3) is 5.69 Å². The van der Waals surface area contributed by atoms with E-state index in [4.69, 9.17) is 0 Å². The minimum Gasteiger partial charge on any atom is -0.391 e. The number of anilines is 1.